The predicted molar refractivity (Wildman–Crippen MR) is 115 cm³/mol. The minimum atomic E-state index is -0.185. The molecule has 1 amide bonds. The Morgan fingerprint density at radius 3 is 2.62 bits per heavy atom. The van der Waals surface area contributed by atoms with Crippen LogP contribution in [0.2, 0.25) is 0 Å². The van der Waals surface area contributed by atoms with Crippen molar-refractivity contribution in [2.75, 3.05) is 5.32 Å². The molecule has 0 radical (unpaired) electrons. The molecule has 144 valence electrons. The molecule has 0 spiro atoms. The van der Waals surface area contributed by atoms with Gasteiger partial charge in [-0.25, -0.2) is 4.98 Å². The molecule has 29 heavy (non-hydrogen) atoms. The second-order valence-electron chi connectivity index (χ2n) is 6.17. The van der Waals surface area contributed by atoms with Crippen molar-refractivity contribution in [1.29, 1.82) is 0 Å². The molecule has 0 atom stereocenters. The van der Waals surface area contributed by atoms with Gasteiger partial charge in [0.25, 0.3) is 0 Å². The van der Waals surface area contributed by atoms with Gasteiger partial charge < -0.3 is 14.6 Å². The topological polar surface area (TPSA) is 69.0 Å². The standard InChI is InChI=1S/C22H18N4O2S/c1-16-23-20(26-12-2-3-13-26)15-22(24-16)28-18-8-6-17(7-9-18)25-21(27)11-10-19-5-4-14-29-19/h2-15H,1H3,(H,25,27)/b11-10+. The zero-order chi connectivity index (χ0) is 20.1. The number of carbonyl (C=O) groups excluding carboxylic acids is 1. The van der Waals surface area contributed by atoms with E-state index in [1.165, 1.54) is 6.08 Å². The van der Waals surface area contributed by atoms with Crippen LogP contribution >= 0.6 is 11.3 Å². The molecule has 3 aromatic heterocycles. The fourth-order valence-electron chi connectivity index (χ4n) is 2.65. The Morgan fingerprint density at radius 1 is 1.10 bits per heavy atom. The van der Waals surface area contributed by atoms with Crippen molar-refractivity contribution < 1.29 is 9.53 Å². The van der Waals surface area contributed by atoms with E-state index < -0.39 is 0 Å². The second-order valence-corrected chi connectivity index (χ2v) is 7.15. The van der Waals surface area contributed by atoms with Crippen molar-refractivity contribution in [2.45, 2.75) is 6.92 Å². The first-order valence-corrected chi connectivity index (χ1v) is 9.83. The fraction of sp³-hybridized carbons (Fsp3) is 0.0455. The quantitative estimate of drug-likeness (QED) is 0.457. The van der Waals surface area contributed by atoms with Crippen molar-refractivity contribution in [3.8, 4) is 17.4 Å². The van der Waals surface area contributed by atoms with Crippen LogP contribution in [0.5, 0.6) is 11.6 Å². The maximum Gasteiger partial charge on any atom is 0.248 e. The average Bonchev–Trinajstić information content (AvgIpc) is 3.42. The number of rotatable bonds is 6. The van der Waals surface area contributed by atoms with Gasteiger partial charge in [-0.15, -0.1) is 11.3 Å². The second kappa shape index (κ2) is 8.53. The zero-order valence-corrected chi connectivity index (χ0v) is 16.5. The molecular formula is C22H18N4O2S. The third kappa shape index (κ3) is 4.97. The van der Waals surface area contributed by atoms with Crippen LogP contribution in [-0.2, 0) is 4.79 Å². The summed E-state index contributed by atoms with van der Waals surface area (Å²) in [7, 11) is 0. The summed E-state index contributed by atoms with van der Waals surface area (Å²) < 4.78 is 7.76. The molecule has 4 aromatic rings. The van der Waals surface area contributed by atoms with Crippen LogP contribution < -0.4 is 10.1 Å². The van der Waals surface area contributed by atoms with Gasteiger partial charge >= 0.3 is 0 Å². The minimum Gasteiger partial charge on any atom is -0.439 e. The number of nitrogens with one attached hydrogen (secondary N) is 1. The minimum absolute atomic E-state index is 0.185. The highest BCUT2D eigenvalue weighted by Crippen LogP contribution is 2.23. The van der Waals surface area contributed by atoms with Crippen molar-refractivity contribution in [3.05, 3.63) is 89.1 Å². The van der Waals surface area contributed by atoms with Gasteiger partial charge in [0.05, 0.1) is 0 Å². The Kier molecular flexibility index (Phi) is 5.49. The summed E-state index contributed by atoms with van der Waals surface area (Å²) in [6.45, 7) is 1.82. The molecule has 4 rings (SSSR count). The number of hydrogen-bond acceptors (Lipinski definition) is 5. The summed E-state index contributed by atoms with van der Waals surface area (Å²) in [6.07, 6.45) is 7.13. The molecule has 7 heteroatoms. The highest BCUT2D eigenvalue weighted by molar-refractivity contribution is 7.10. The SMILES string of the molecule is Cc1nc(Oc2ccc(NC(=O)/C=C/c3cccs3)cc2)cc(-n2cccc2)n1. The maximum absolute atomic E-state index is 12.0. The number of nitrogens with zero attached hydrogens (tertiary/aromatic N) is 3. The number of hydrogen-bond donors (Lipinski definition) is 1. The molecule has 0 saturated heterocycles. The van der Waals surface area contributed by atoms with Crippen LogP contribution in [0.3, 0.4) is 0 Å². The highest BCUT2D eigenvalue weighted by atomic mass is 32.1. The van der Waals surface area contributed by atoms with Crippen LogP contribution in [0.25, 0.3) is 11.9 Å². The largest absolute Gasteiger partial charge is 0.439 e. The van der Waals surface area contributed by atoms with E-state index in [4.69, 9.17) is 4.74 Å². The van der Waals surface area contributed by atoms with E-state index in [2.05, 4.69) is 15.3 Å². The number of carbonyl (C=O) groups is 1. The third-order valence-electron chi connectivity index (χ3n) is 3.96. The van der Waals surface area contributed by atoms with Crippen LogP contribution in [0.1, 0.15) is 10.7 Å². The summed E-state index contributed by atoms with van der Waals surface area (Å²) in [6, 6.07) is 16.7. The third-order valence-corrected chi connectivity index (χ3v) is 4.79. The lowest BCUT2D eigenvalue weighted by atomic mass is 10.3. The van der Waals surface area contributed by atoms with Gasteiger partial charge in [-0.2, -0.15) is 4.98 Å². The van der Waals surface area contributed by atoms with Crippen molar-refractivity contribution in [3.63, 3.8) is 0 Å². The van der Waals surface area contributed by atoms with Crippen molar-refractivity contribution >= 4 is 29.0 Å². The number of ether oxygens (including phenoxy) is 1. The molecule has 0 unspecified atom stereocenters. The summed E-state index contributed by atoms with van der Waals surface area (Å²) in [5.74, 6) is 2.24. The summed E-state index contributed by atoms with van der Waals surface area (Å²) in [4.78, 5) is 21.8. The van der Waals surface area contributed by atoms with E-state index in [0.29, 0.717) is 23.1 Å². The van der Waals surface area contributed by atoms with E-state index in [9.17, 15) is 4.79 Å². The molecule has 6 nitrogen and oxygen atoms in total. The van der Waals surface area contributed by atoms with Crippen LogP contribution in [0.15, 0.2) is 78.4 Å². The van der Waals surface area contributed by atoms with Gasteiger partial charge in [-0.3, -0.25) is 4.79 Å². The number of amides is 1. The molecule has 0 aliphatic heterocycles. The van der Waals surface area contributed by atoms with Gasteiger partial charge in [0.1, 0.15) is 17.4 Å². The number of anilines is 1. The zero-order valence-electron chi connectivity index (χ0n) is 15.6. The van der Waals surface area contributed by atoms with Gasteiger partial charge in [0.2, 0.25) is 11.8 Å². The van der Waals surface area contributed by atoms with Crippen LogP contribution in [0, 0.1) is 6.92 Å². The van der Waals surface area contributed by atoms with Gasteiger partial charge in [-0.1, -0.05) is 6.07 Å². The lowest BCUT2D eigenvalue weighted by Crippen LogP contribution is -2.07. The van der Waals surface area contributed by atoms with E-state index in [0.717, 1.165) is 10.7 Å². The monoisotopic (exact) mass is 402 g/mol. The summed E-state index contributed by atoms with van der Waals surface area (Å²) in [5.41, 5.74) is 0.685. The fourth-order valence-corrected chi connectivity index (χ4v) is 3.27. The first-order chi connectivity index (χ1) is 14.2. The Labute approximate surface area is 172 Å². The number of benzene rings is 1. The van der Waals surface area contributed by atoms with Gasteiger partial charge in [0, 0.05) is 35.1 Å². The number of aryl methyl sites for hydroxylation is 1. The predicted octanol–water partition coefficient (Wildman–Crippen LogP) is 5.08. The first kappa shape index (κ1) is 18.6. The lowest BCUT2D eigenvalue weighted by Gasteiger charge is -2.09. The molecule has 0 fully saturated rings. The molecule has 1 aromatic carbocycles. The molecule has 1 N–H and O–H groups in total. The Balaban J connectivity index is 1.41. The number of aromatic nitrogens is 3. The van der Waals surface area contributed by atoms with Gasteiger partial charge in [-0.05, 0) is 60.8 Å². The van der Waals surface area contributed by atoms with E-state index in [1.54, 1.807) is 47.7 Å². The molecule has 3 heterocycles. The summed E-state index contributed by atoms with van der Waals surface area (Å²) >= 11 is 1.58. The van der Waals surface area contributed by atoms with Gasteiger partial charge in [0.15, 0.2) is 0 Å². The molecule has 0 aliphatic rings. The number of thiophene rings is 1. The smallest absolute Gasteiger partial charge is 0.248 e. The Hall–Kier alpha value is -3.71. The molecule has 0 saturated carbocycles. The highest BCUT2D eigenvalue weighted by Gasteiger charge is 2.06. The molecule has 0 bridgehead atoms. The first-order valence-electron chi connectivity index (χ1n) is 8.95. The molecule has 0 aliphatic carbocycles. The van der Waals surface area contributed by atoms with E-state index in [-0.39, 0.29) is 5.91 Å². The average molecular weight is 402 g/mol. The van der Waals surface area contributed by atoms with E-state index in [1.807, 2.05) is 53.5 Å². The van der Waals surface area contributed by atoms with Crippen molar-refractivity contribution in [1.82, 2.24) is 14.5 Å². The van der Waals surface area contributed by atoms with Crippen LogP contribution in [0.4, 0.5) is 5.69 Å². The van der Waals surface area contributed by atoms with Crippen LogP contribution in [-0.4, -0.2) is 20.4 Å². The van der Waals surface area contributed by atoms with E-state index >= 15 is 0 Å². The normalized spacial score (nSPS) is 10.9. The Bertz CT molecular complexity index is 1120. The Morgan fingerprint density at radius 2 is 1.90 bits per heavy atom. The lowest BCUT2D eigenvalue weighted by molar-refractivity contribution is -0.111. The van der Waals surface area contributed by atoms with Crippen molar-refractivity contribution in [2.24, 2.45) is 0 Å². The summed E-state index contributed by atoms with van der Waals surface area (Å²) in [5, 5.41) is 4.80. The molecular weight excluding hydrogens is 384 g/mol. The maximum atomic E-state index is 12.0.